The summed E-state index contributed by atoms with van der Waals surface area (Å²) in [6.45, 7) is 2.75. The highest BCUT2D eigenvalue weighted by Crippen LogP contribution is 2.38. The molecule has 0 radical (unpaired) electrons. The highest BCUT2D eigenvalue weighted by Gasteiger charge is 2.24. The van der Waals surface area contributed by atoms with Crippen molar-refractivity contribution in [2.45, 2.75) is 13.5 Å². The summed E-state index contributed by atoms with van der Waals surface area (Å²) < 4.78 is 19.9. The molecule has 0 aromatic heterocycles. The van der Waals surface area contributed by atoms with Gasteiger partial charge in [0.25, 0.3) is 0 Å². The number of nitrogens with zero attached hydrogens (tertiary/aromatic N) is 1. The van der Waals surface area contributed by atoms with Crippen LogP contribution in [0.5, 0.6) is 11.5 Å². The van der Waals surface area contributed by atoms with E-state index in [0.717, 1.165) is 25.6 Å². The molecule has 0 aliphatic carbocycles. The number of rotatable bonds is 7. The van der Waals surface area contributed by atoms with Gasteiger partial charge in [0, 0.05) is 14.5 Å². The van der Waals surface area contributed by atoms with Gasteiger partial charge in [0.05, 0.1) is 11.1 Å². The fourth-order valence-corrected chi connectivity index (χ4v) is 4.42. The number of hydrogen-bond acceptors (Lipinski definition) is 5. The van der Waals surface area contributed by atoms with Crippen LogP contribution in [0.1, 0.15) is 23.6 Å². The molecule has 168 valence electrons. The first-order chi connectivity index (χ1) is 15.9. The quantitative estimate of drug-likeness (QED) is 0.202. The minimum absolute atomic E-state index is 0.213. The van der Waals surface area contributed by atoms with Crippen molar-refractivity contribution < 1.29 is 19.0 Å². The maximum atomic E-state index is 12.4. The number of aliphatic imine (C=N–C) groups is 1. The zero-order chi connectivity index (χ0) is 23.4. The Bertz CT molecular complexity index is 1250. The Balaban J connectivity index is 1.61. The second-order valence-corrected chi connectivity index (χ2v) is 9.71. The molecular formula is C25H18Br3NO4. The number of esters is 1. The van der Waals surface area contributed by atoms with Gasteiger partial charge in [-0.25, -0.2) is 9.79 Å². The Morgan fingerprint density at radius 2 is 1.76 bits per heavy atom. The fourth-order valence-electron chi connectivity index (χ4n) is 3.14. The van der Waals surface area contributed by atoms with Crippen LogP contribution >= 0.6 is 47.8 Å². The summed E-state index contributed by atoms with van der Waals surface area (Å²) in [7, 11) is 0. The monoisotopic (exact) mass is 633 g/mol. The molecule has 0 bridgehead atoms. The Hall–Kier alpha value is -2.42. The molecule has 8 heteroatoms. The number of halogens is 3. The molecule has 0 amide bonds. The molecule has 0 fully saturated rings. The molecule has 33 heavy (non-hydrogen) atoms. The Morgan fingerprint density at radius 3 is 2.48 bits per heavy atom. The number of ether oxygens (including phenoxy) is 3. The van der Waals surface area contributed by atoms with Crippen molar-refractivity contribution in [2.75, 3.05) is 6.61 Å². The van der Waals surface area contributed by atoms with Crippen LogP contribution in [0.3, 0.4) is 0 Å². The highest BCUT2D eigenvalue weighted by atomic mass is 79.9. The summed E-state index contributed by atoms with van der Waals surface area (Å²) in [4.78, 5) is 16.8. The summed E-state index contributed by atoms with van der Waals surface area (Å²) in [5, 5.41) is 0. The maximum absolute atomic E-state index is 12.4. The number of benzene rings is 3. The first-order valence-electron chi connectivity index (χ1n) is 10.0. The third-order valence-electron chi connectivity index (χ3n) is 4.62. The van der Waals surface area contributed by atoms with E-state index in [0.29, 0.717) is 29.2 Å². The molecule has 3 aromatic rings. The maximum Gasteiger partial charge on any atom is 0.363 e. The summed E-state index contributed by atoms with van der Waals surface area (Å²) in [5.41, 5.74) is 2.69. The molecule has 0 atom stereocenters. The van der Waals surface area contributed by atoms with E-state index < -0.39 is 5.97 Å². The van der Waals surface area contributed by atoms with Crippen LogP contribution in [-0.4, -0.2) is 18.5 Å². The number of carbonyl (C=O) groups excluding carboxylic acids is 1. The SMILES string of the molecule is CCOc1cc(/C=C2\N=C(c3ccc(Br)cc3)OC2=O)cc(Br)c1OCc1cccc(Br)c1. The van der Waals surface area contributed by atoms with Gasteiger partial charge in [-0.3, -0.25) is 0 Å². The molecule has 5 nitrogen and oxygen atoms in total. The molecule has 1 aliphatic rings. The minimum atomic E-state index is -0.503. The second-order valence-electron chi connectivity index (χ2n) is 7.02. The summed E-state index contributed by atoms with van der Waals surface area (Å²) >= 11 is 10.4. The van der Waals surface area contributed by atoms with Crippen molar-refractivity contribution in [3.8, 4) is 11.5 Å². The van der Waals surface area contributed by atoms with Crippen LogP contribution in [0.25, 0.3) is 6.08 Å². The van der Waals surface area contributed by atoms with Crippen LogP contribution < -0.4 is 9.47 Å². The molecule has 1 aliphatic heterocycles. The average molecular weight is 636 g/mol. The predicted molar refractivity (Wildman–Crippen MR) is 139 cm³/mol. The van der Waals surface area contributed by atoms with Crippen molar-refractivity contribution in [1.29, 1.82) is 0 Å². The van der Waals surface area contributed by atoms with Gasteiger partial charge in [0.1, 0.15) is 6.61 Å². The van der Waals surface area contributed by atoms with E-state index in [4.69, 9.17) is 14.2 Å². The van der Waals surface area contributed by atoms with Crippen molar-refractivity contribution in [3.63, 3.8) is 0 Å². The normalized spacial score (nSPS) is 14.2. The first kappa shape index (κ1) is 23.7. The van der Waals surface area contributed by atoms with Gasteiger partial charge in [-0.2, -0.15) is 0 Å². The zero-order valence-electron chi connectivity index (χ0n) is 17.5. The molecular weight excluding hydrogens is 618 g/mol. The van der Waals surface area contributed by atoms with E-state index in [1.807, 2.05) is 67.6 Å². The molecule has 0 unspecified atom stereocenters. The van der Waals surface area contributed by atoms with Crippen LogP contribution in [0.4, 0.5) is 0 Å². The van der Waals surface area contributed by atoms with Crippen molar-refractivity contribution in [2.24, 2.45) is 4.99 Å². The summed E-state index contributed by atoms with van der Waals surface area (Å²) in [6, 6.07) is 19.0. The van der Waals surface area contributed by atoms with Gasteiger partial charge >= 0.3 is 5.97 Å². The van der Waals surface area contributed by atoms with E-state index in [9.17, 15) is 4.79 Å². The fraction of sp³-hybridized carbons (Fsp3) is 0.120. The van der Waals surface area contributed by atoms with Crippen molar-refractivity contribution in [3.05, 3.63) is 96.5 Å². The molecule has 0 N–H and O–H groups in total. The lowest BCUT2D eigenvalue weighted by Gasteiger charge is -2.15. The molecule has 0 saturated heterocycles. The lowest BCUT2D eigenvalue weighted by atomic mass is 10.1. The van der Waals surface area contributed by atoms with Gasteiger partial charge < -0.3 is 14.2 Å². The van der Waals surface area contributed by atoms with Gasteiger partial charge in [-0.1, -0.05) is 44.0 Å². The predicted octanol–water partition coefficient (Wildman–Crippen LogP) is 7.30. The van der Waals surface area contributed by atoms with Crippen LogP contribution in [-0.2, 0) is 16.1 Å². The number of hydrogen-bond donors (Lipinski definition) is 0. The summed E-state index contributed by atoms with van der Waals surface area (Å²) in [6.07, 6.45) is 1.67. The average Bonchev–Trinajstić information content (AvgIpc) is 3.14. The molecule has 1 heterocycles. The Morgan fingerprint density at radius 1 is 0.970 bits per heavy atom. The smallest absolute Gasteiger partial charge is 0.363 e. The third-order valence-corrected chi connectivity index (χ3v) is 6.23. The number of carbonyl (C=O) groups is 1. The van der Waals surface area contributed by atoms with E-state index in [1.54, 1.807) is 6.08 Å². The van der Waals surface area contributed by atoms with Gasteiger partial charge in [0.15, 0.2) is 17.2 Å². The van der Waals surface area contributed by atoms with Crippen LogP contribution in [0.2, 0.25) is 0 Å². The van der Waals surface area contributed by atoms with E-state index in [-0.39, 0.29) is 11.6 Å². The van der Waals surface area contributed by atoms with Crippen LogP contribution in [0.15, 0.2) is 84.8 Å². The molecule has 3 aromatic carbocycles. The standard InChI is InChI=1S/C25H18Br3NO4/c1-2-31-22-13-16(11-20(28)23(22)32-14-15-4-3-5-19(27)10-15)12-21-25(30)33-24(29-21)17-6-8-18(26)9-7-17/h3-13H,2,14H2,1H3/b21-12-. The van der Waals surface area contributed by atoms with E-state index in [2.05, 4.69) is 52.8 Å². The van der Waals surface area contributed by atoms with Crippen LogP contribution in [0, 0.1) is 0 Å². The molecule has 4 rings (SSSR count). The first-order valence-corrected chi connectivity index (χ1v) is 12.4. The lowest BCUT2D eigenvalue weighted by Crippen LogP contribution is -2.05. The highest BCUT2D eigenvalue weighted by molar-refractivity contribution is 9.11. The van der Waals surface area contributed by atoms with Gasteiger partial charge in [-0.15, -0.1) is 0 Å². The van der Waals surface area contributed by atoms with E-state index in [1.165, 1.54) is 0 Å². The van der Waals surface area contributed by atoms with Gasteiger partial charge in [-0.05, 0) is 88.6 Å². The Kier molecular flexibility index (Phi) is 7.67. The summed E-state index contributed by atoms with van der Waals surface area (Å²) in [5.74, 6) is 0.929. The molecule has 0 saturated carbocycles. The lowest BCUT2D eigenvalue weighted by molar-refractivity contribution is -0.129. The minimum Gasteiger partial charge on any atom is -0.490 e. The largest absolute Gasteiger partial charge is 0.490 e. The van der Waals surface area contributed by atoms with Crippen molar-refractivity contribution >= 4 is 65.7 Å². The third kappa shape index (κ3) is 5.93. The molecule has 0 spiro atoms. The Labute approximate surface area is 216 Å². The van der Waals surface area contributed by atoms with E-state index >= 15 is 0 Å². The number of cyclic esters (lactones) is 1. The van der Waals surface area contributed by atoms with Gasteiger partial charge in [0.2, 0.25) is 5.90 Å². The topological polar surface area (TPSA) is 57.1 Å². The zero-order valence-corrected chi connectivity index (χ0v) is 22.2. The van der Waals surface area contributed by atoms with Crippen molar-refractivity contribution in [1.82, 2.24) is 0 Å². The second kappa shape index (κ2) is 10.7.